The molecule has 158 valence electrons. The average Bonchev–Trinajstić information content (AvgIpc) is 2.67. The quantitative estimate of drug-likeness (QED) is 0.408. The molecule has 0 saturated heterocycles. The van der Waals surface area contributed by atoms with Crippen molar-refractivity contribution in [1.29, 1.82) is 0 Å². The summed E-state index contributed by atoms with van der Waals surface area (Å²) in [6, 6.07) is 14.3. The number of primary amides is 1. The fraction of sp³-hybridized carbons (Fsp3) is 0.105. The number of amides is 2. The van der Waals surface area contributed by atoms with Crippen LogP contribution in [0.3, 0.4) is 0 Å². The second kappa shape index (κ2) is 8.45. The molecule has 2 amide bonds. The van der Waals surface area contributed by atoms with Gasteiger partial charge in [-0.25, -0.2) is 13.2 Å². The van der Waals surface area contributed by atoms with Gasteiger partial charge in [-0.3, -0.25) is 9.29 Å². The van der Waals surface area contributed by atoms with E-state index in [0.29, 0.717) is 11.1 Å². The highest BCUT2D eigenvalue weighted by Gasteiger charge is 2.23. The topological polar surface area (TPSA) is 148 Å². The van der Waals surface area contributed by atoms with Gasteiger partial charge in [0, 0.05) is 11.4 Å². The number of sulfonamides is 1. The Morgan fingerprint density at radius 3 is 2.50 bits per heavy atom. The standard InChI is InChI=1S/C19H20N3O6PS/c1-2-28-29(24,25)17-5-3-4-16(12-17)22-30(26,27)18-9-7-13-6-8-15(21-19(20)23)10-14(13)11-18/h3-12,22H,2H2,1H3,(H,24,25)(H3,20,21,23). The summed E-state index contributed by atoms with van der Waals surface area (Å²) in [7, 11) is -8.03. The number of nitrogens with one attached hydrogen (secondary N) is 2. The lowest BCUT2D eigenvalue weighted by molar-refractivity contribution is 0.259. The molecule has 0 fully saturated rings. The van der Waals surface area contributed by atoms with Crippen molar-refractivity contribution in [2.75, 3.05) is 16.6 Å². The number of nitrogens with two attached hydrogens (primary N) is 1. The lowest BCUT2D eigenvalue weighted by atomic mass is 10.1. The van der Waals surface area contributed by atoms with Gasteiger partial charge >= 0.3 is 13.6 Å². The maximum atomic E-state index is 12.8. The number of fused-ring (bicyclic) bond motifs is 1. The average molecular weight is 449 g/mol. The summed E-state index contributed by atoms with van der Waals surface area (Å²) in [4.78, 5) is 21.0. The SMILES string of the molecule is CCOP(=O)(O)c1cccc(NS(=O)(=O)c2ccc3ccc(NC(N)=O)cc3c2)c1. The molecular formula is C19H20N3O6PS. The van der Waals surface area contributed by atoms with E-state index in [1.165, 1.54) is 36.4 Å². The van der Waals surface area contributed by atoms with Gasteiger partial charge in [0.05, 0.1) is 16.8 Å². The Labute approximate surface area is 173 Å². The minimum Gasteiger partial charge on any atom is -0.351 e. The number of carbonyl (C=O) groups is 1. The van der Waals surface area contributed by atoms with Crippen LogP contribution in [-0.2, 0) is 19.1 Å². The minimum absolute atomic E-state index is 0.0198. The highest BCUT2D eigenvalue weighted by atomic mass is 32.2. The van der Waals surface area contributed by atoms with Crippen LogP contribution in [0.5, 0.6) is 0 Å². The van der Waals surface area contributed by atoms with Crippen LogP contribution in [0.25, 0.3) is 10.8 Å². The molecule has 0 heterocycles. The van der Waals surface area contributed by atoms with Gasteiger partial charge in [-0.05, 0) is 60.2 Å². The van der Waals surface area contributed by atoms with E-state index in [4.69, 9.17) is 10.3 Å². The van der Waals surface area contributed by atoms with Gasteiger partial charge in [0.2, 0.25) is 0 Å². The van der Waals surface area contributed by atoms with Crippen molar-refractivity contribution in [3.8, 4) is 0 Å². The van der Waals surface area contributed by atoms with Crippen LogP contribution >= 0.6 is 7.60 Å². The van der Waals surface area contributed by atoms with E-state index in [0.717, 1.165) is 5.39 Å². The number of benzene rings is 3. The van der Waals surface area contributed by atoms with Crippen LogP contribution < -0.4 is 21.1 Å². The van der Waals surface area contributed by atoms with E-state index in [1.54, 1.807) is 31.2 Å². The van der Waals surface area contributed by atoms with Crippen LogP contribution in [0, 0.1) is 0 Å². The first-order chi connectivity index (χ1) is 14.1. The fourth-order valence-corrected chi connectivity index (χ4v) is 4.98. The van der Waals surface area contributed by atoms with Crippen molar-refractivity contribution in [3.63, 3.8) is 0 Å². The van der Waals surface area contributed by atoms with Crippen LogP contribution in [0.1, 0.15) is 6.92 Å². The number of hydrogen-bond donors (Lipinski definition) is 4. The molecule has 3 aromatic rings. The minimum atomic E-state index is -4.04. The van der Waals surface area contributed by atoms with Gasteiger partial charge < -0.3 is 20.5 Å². The molecule has 30 heavy (non-hydrogen) atoms. The first kappa shape index (κ1) is 21.8. The molecule has 1 unspecified atom stereocenters. The Hall–Kier alpha value is -2.91. The first-order valence-corrected chi connectivity index (χ1v) is 11.9. The predicted octanol–water partition coefficient (Wildman–Crippen LogP) is 2.98. The Kier molecular flexibility index (Phi) is 6.14. The highest BCUT2D eigenvalue weighted by Crippen LogP contribution is 2.40. The maximum absolute atomic E-state index is 12.8. The zero-order chi connectivity index (χ0) is 21.9. The third-order valence-electron chi connectivity index (χ3n) is 4.12. The molecule has 3 rings (SSSR count). The van der Waals surface area contributed by atoms with E-state index in [1.807, 2.05) is 0 Å². The van der Waals surface area contributed by atoms with Crippen molar-refractivity contribution >= 4 is 51.1 Å². The summed E-state index contributed by atoms with van der Waals surface area (Å²) in [5.41, 5.74) is 5.66. The second-order valence-corrected chi connectivity index (χ2v) is 9.80. The van der Waals surface area contributed by atoms with Crippen LogP contribution in [0.2, 0.25) is 0 Å². The number of urea groups is 1. The maximum Gasteiger partial charge on any atom is 0.358 e. The molecule has 0 spiro atoms. The summed E-state index contributed by atoms with van der Waals surface area (Å²) in [6.07, 6.45) is 0. The summed E-state index contributed by atoms with van der Waals surface area (Å²) >= 11 is 0. The number of anilines is 2. The molecule has 9 nitrogen and oxygen atoms in total. The van der Waals surface area contributed by atoms with Crippen LogP contribution in [-0.4, -0.2) is 25.9 Å². The molecule has 0 aromatic heterocycles. The van der Waals surface area contributed by atoms with Crippen molar-refractivity contribution in [3.05, 3.63) is 60.7 Å². The van der Waals surface area contributed by atoms with Crippen molar-refractivity contribution in [2.24, 2.45) is 5.73 Å². The van der Waals surface area contributed by atoms with E-state index in [-0.39, 0.29) is 22.5 Å². The van der Waals surface area contributed by atoms with Crippen molar-refractivity contribution < 1.29 is 27.2 Å². The Bertz CT molecular complexity index is 1260. The largest absolute Gasteiger partial charge is 0.358 e. The molecule has 0 radical (unpaired) electrons. The molecule has 0 aliphatic rings. The number of carbonyl (C=O) groups excluding carboxylic acids is 1. The molecule has 3 aromatic carbocycles. The van der Waals surface area contributed by atoms with E-state index >= 15 is 0 Å². The lowest BCUT2D eigenvalue weighted by Gasteiger charge is -2.13. The van der Waals surface area contributed by atoms with E-state index in [9.17, 15) is 22.7 Å². The molecule has 0 saturated carbocycles. The van der Waals surface area contributed by atoms with E-state index in [2.05, 4.69) is 10.0 Å². The van der Waals surface area contributed by atoms with Gasteiger partial charge in [-0.2, -0.15) is 0 Å². The molecule has 0 aliphatic carbocycles. The third-order valence-corrected chi connectivity index (χ3v) is 7.04. The predicted molar refractivity (Wildman–Crippen MR) is 115 cm³/mol. The van der Waals surface area contributed by atoms with Gasteiger partial charge in [0.25, 0.3) is 10.0 Å². The molecular weight excluding hydrogens is 429 g/mol. The molecule has 1 atom stereocenters. The van der Waals surface area contributed by atoms with Gasteiger partial charge in [-0.1, -0.05) is 18.2 Å². The fourth-order valence-electron chi connectivity index (χ4n) is 2.82. The molecule has 0 bridgehead atoms. The monoisotopic (exact) mass is 449 g/mol. The van der Waals surface area contributed by atoms with Crippen LogP contribution in [0.15, 0.2) is 65.6 Å². The smallest absolute Gasteiger partial charge is 0.351 e. The highest BCUT2D eigenvalue weighted by molar-refractivity contribution is 7.92. The normalized spacial score (nSPS) is 13.5. The molecule has 11 heteroatoms. The molecule has 0 aliphatic heterocycles. The van der Waals surface area contributed by atoms with E-state index < -0.39 is 23.7 Å². The van der Waals surface area contributed by atoms with Gasteiger partial charge in [0.1, 0.15) is 0 Å². The zero-order valence-electron chi connectivity index (χ0n) is 15.9. The number of rotatable bonds is 7. The van der Waals surface area contributed by atoms with Crippen molar-refractivity contribution in [2.45, 2.75) is 11.8 Å². The number of hydrogen-bond acceptors (Lipinski definition) is 5. The second-order valence-electron chi connectivity index (χ2n) is 6.31. The van der Waals surface area contributed by atoms with Gasteiger partial charge in [0.15, 0.2) is 0 Å². The Morgan fingerprint density at radius 1 is 1.07 bits per heavy atom. The summed E-state index contributed by atoms with van der Waals surface area (Å²) < 4.78 is 45.1. The van der Waals surface area contributed by atoms with Crippen LogP contribution in [0.4, 0.5) is 16.2 Å². The third kappa shape index (κ3) is 4.98. The summed E-state index contributed by atoms with van der Waals surface area (Å²) in [6.45, 7) is 1.62. The Morgan fingerprint density at radius 2 is 1.80 bits per heavy atom. The Balaban J connectivity index is 1.93. The van der Waals surface area contributed by atoms with Gasteiger partial charge in [-0.15, -0.1) is 0 Å². The zero-order valence-corrected chi connectivity index (χ0v) is 17.6. The summed E-state index contributed by atoms with van der Waals surface area (Å²) in [5.74, 6) is 0. The van der Waals surface area contributed by atoms with Crippen molar-refractivity contribution in [1.82, 2.24) is 0 Å². The first-order valence-electron chi connectivity index (χ1n) is 8.82. The lowest BCUT2D eigenvalue weighted by Crippen LogP contribution is -2.19. The molecule has 5 N–H and O–H groups in total. The summed E-state index contributed by atoms with van der Waals surface area (Å²) in [5, 5.41) is 3.76.